The molecule has 1 aromatic rings. The minimum Gasteiger partial charge on any atom is -0.344 e. The second-order valence-corrected chi connectivity index (χ2v) is 6.45. The summed E-state index contributed by atoms with van der Waals surface area (Å²) >= 11 is 3.54. The van der Waals surface area contributed by atoms with Gasteiger partial charge in [0.25, 0.3) is 0 Å². The van der Waals surface area contributed by atoms with Gasteiger partial charge in [0.2, 0.25) is 0 Å². The Morgan fingerprint density at radius 2 is 2.41 bits per heavy atom. The van der Waals surface area contributed by atoms with Crippen molar-refractivity contribution >= 4 is 34.5 Å². The van der Waals surface area contributed by atoms with Crippen LogP contribution in [-0.2, 0) is 6.42 Å². The lowest BCUT2D eigenvalue weighted by atomic mass is 10.2. The van der Waals surface area contributed by atoms with Gasteiger partial charge in [-0.1, -0.05) is 24.7 Å². The highest BCUT2D eigenvalue weighted by molar-refractivity contribution is 7.99. The quantitative estimate of drug-likeness (QED) is 0.788. The maximum atomic E-state index is 11.0. The van der Waals surface area contributed by atoms with E-state index >= 15 is 0 Å². The van der Waals surface area contributed by atoms with Gasteiger partial charge in [0.15, 0.2) is 11.4 Å². The van der Waals surface area contributed by atoms with Gasteiger partial charge in [-0.2, -0.15) is 11.8 Å². The molecule has 1 aliphatic rings. The Balaban J connectivity index is 2.22. The fourth-order valence-electron chi connectivity index (χ4n) is 1.99. The van der Waals surface area contributed by atoms with Crippen LogP contribution in [0.15, 0.2) is 0 Å². The van der Waals surface area contributed by atoms with Crippen molar-refractivity contribution in [2.45, 2.75) is 32.7 Å². The average molecular weight is 270 g/mol. The molecule has 0 N–H and O–H groups in total. The van der Waals surface area contributed by atoms with Crippen LogP contribution >= 0.6 is 23.1 Å². The second-order valence-electron chi connectivity index (χ2n) is 4.29. The van der Waals surface area contributed by atoms with E-state index < -0.39 is 0 Å². The first-order valence-corrected chi connectivity index (χ1v) is 8.02. The monoisotopic (exact) mass is 270 g/mol. The van der Waals surface area contributed by atoms with E-state index in [2.05, 4.69) is 23.7 Å². The van der Waals surface area contributed by atoms with Crippen molar-refractivity contribution in [1.82, 2.24) is 4.98 Å². The zero-order valence-corrected chi connectivity index (χ0v) is 11.9. The zero-order valence-electron chi connectivity index (χ0n) is 10.3. The Bertz CT molecular complexity index is 392. The third-order valence-corrected chi connectivity index (χ3v) is 5.17. The Kier molecular flexibility index (Phi) is 4.45. The summed E-state index contributed by atoms with van der Waals surface area (Å²) in [6.45, 7) is 5.39. The number of anilines is 1. The van der Waals surface area contributed by atoms with Gasteiger partial charge in [-0.25, -0.2) is 4.98 Å². The van der Waals surface area contributed by atoms with E-state index in [4.69, 9.17) is 0 Å². The van der Waals surface area contributed by atoms with E-state index in [1.54, 1.807) is 11.3 Å². The SMILES string of the molecule is CCCc1nc(N2CCSCC2C)sc1C=O. The van der Waals surface area contributed by atoms with Gasteiger partial charge in [-0.15, -0.1) is 0 Å². The molecule has 17 heavy (non-hydrogen) atoms. The fourth-order valence-corrected chi connectivity index (χ4v) is 4.06. The van der Waals surface area contributed by atoms with Crippen molar-refractivity contribution in [2.75, 3.05) is 23.0 Å². The maximum Gasteiger partial charge on any atom is 0.186 e. The molecule has 1 unspecified atom stereocenters. The molecule has 1 aliphatic heterocycles. The average Bonchev–Trinajstić information content (AvgIpc) is 2.73. The van der Waals surface area contributed by atoms with Gasteiger partial charge in [0.05, 0.1) is 10.6 Å². The van der Waals surface area contributed by atoms with Crippen molar-refractivity contribution < 1.29 is 4.79 Å². The molecule has 0 saturated carbocycles. The van der Waals surface area contributed by atoms with E-state index in [0.717, 1.165) is 52.9 Å². The highest BCUT2D eigenvalue weighted by Gasteiger charge is 2.23. The van der Waals surface area contributed by atoms with Crippen LogP contribution in [-0.4, -0.2) is 35.4 Å². The third kappa shape index (κ3) is 2.83. The molecule has 0 aromatic carbocycles. The summed E-state index contributed by atoms with van der Waals surface area (Å²) in [4.78, 5) is 18.8. The van der Waals surface area contributed by atoms with Crippen molar-refractivity contribution in [3.8, 4) is 0 Å². The highest BCUT2D eigenvalue weighted by Crippen LogP contribution is 2.30. The summed E-state index contributed by atoms with van der Waals surface area (Å²) in [5.74, 6) is 2.31. The fraction of sp³-hybridized carbons (Fsp3) is 0.667. The Morgan fingerprint density at radius 3 is 3.06 bits per heavy atom. The lowest BCUT2D eigenvalue weighted by Crippen LogP contribution is -2.40. The first kappa shape index (κ1) is 12.9. The maximum absolute atomic E-state index is 11.0. The third-order valence-electron chi connectivity index (χ3n) is 2.92. The molecule has 0 amide bonds. The number of aldehydes is 1. The van der Waals surface area contributed by atoms with Crippen LogP contribution in [0.1, 0.15) is 35.6 Å². The lowest BCUT2D eigenvalue weighted by Gasteiger charge is -2.32. The molecule has 1 fully saturated rings. The molecule has 2 rings (SSSR count). The molecule has 3 nitrogen and oxygen atoms in total. The number of aryl methyl sites for hydroxylation is 1. The Hall–Kier alpha value is -0.550. The first-order valence-electron chi connectivity index (χ1n) is 6.05. The van der Waals surface area contributed by atoms with E-state index in [-0.39, 0.29) is 0 Å². The summed E-state index contributed by atoms with van der Waals surface area (Å²) in [7, 11) is 0. The Morgan fingerprint density at radius 1 is 1.59 bits per heavy atom. The standard InChI is InChI=1S/C12H18N2OS2/c1-3-4-10-11(7-15)17-12(13-10)14-5-6-16-8-9(14)2/h7,9H,3-6,8H2,1-2H3. The largest absolute Gasteiger partial charge is 0.344 e. The molecule has 1 atom stereocenters. The predicted octanol–water partition coefficient (Wildman–Crippen LogP) is 2.85. The van der Waals surface area contributed by atoms with Gasteiger partial charge < -0.3 is 4.90 Å². The minimum atomic E-state index is 0.522. The van der Waals surface area contributed by atoms with Gasteiger partial charge in [0, 0.05) is 24.1 Å². The van der Waals surface area contributed by atoms with E-state index in [9.17, 15) is 4.79 Å². The highest BCUT2D eigenvalue weighted by atomic mass is 32.2. The van der Waals surface area contributed by atoms with Crippen LogP contribution in [0.4, 0.5) is 5.13 Å². The first-order chi connectivity index (χ1) is 8.26. The molecule has 0 bridgehead atoms. The van der Waals surface area contributed by atoms with Gasteiger partial charge in [-0.05, 0) is 13.3 Å². The van der Waals surface area contributed by atoms with Crippen molar-refractivity contribution in [3.05, 3.63) is 10.6 Å². The van der Waals surface area contributed by atoms with E-state index in [1.807, 2.05) is 11.8 Å². The van der Waals surface area contributed by atoms with E-state index in [1.165, 1.54) is 0 Å². The molecule has 1 aromatic heterocycles. The normalized spacial score (nSPS) is 20.6. The number of thioether (sulfide) groups is 1. The number of hydrogen-bond acceptors (Lipinski definition) is 5. The van der Waals surface area contributed by atoms with E-state index in [0.29, 0.717) is 6.04 Å². The summed E-state index contributed by atoms with van der Waals surface area (Å²) in [5.41, 5.74) is 0.980. The van der Waals surface area contributed by atoms with Gasteiger partial charge in [-0.3, -0.25) is 4.79 Å². The smallest absolute Gasteiger partial charge is 0.186 e. The van der Waals surface area contributed by atoms with Crippen LogP contribution in [0.3, 0.4) is 0 Å². The van der Waals surface area contributed by atoms with Crippen LogP contribution in [0, 0.1) is 0 Å². The molecule has 1 saturated heterocycles. The molecule has 0 aliphatic carbocycles. The topological polar surface area (TPSA) is 33.2 Å². The summed E-state index contributed by atoms with van der Waals surface area (Å²) in [6, 6.07) is 0.522. The van der Waals surface area contributed by atoms with Crippen LogP contribution < -0.4 is 4.90 Å². The number of rotatable bonds is 4. The predicted molar refractivity (Wildman–Crippen MR) is 75.6 cm³/mol. The minimum absolute atomic E-state index is 0.522. The molecule has 0 radical (unpaired) electrons. The Labute approximate surface area is 111 Å². The van der Waals surface area contributed by atoms with Crippen molar-refractivity contribution in [1.29, 1.82) is 0 Å². The molecule has 0 spiro atoms. The molecule has 2 heterocycles. The number of carbonyl (C=O) groups excluding carboxylic acids is 1. The number of thiazole rings is 1. The van der Waals surface area contributed by atoms with Crippen LogP contribution in [0.25, 0.3) is 0 Å². The molecular formula is C12H18N2OS2. The van der Waals surface area contributed by atoms with Gasteiger partial charge >= 0.3 is 0 Å². The summed E-state index contributed by atoms with van der Waals surface area (Å²) in [5, 5.41) is 1.03. The van der Waals surface area contributed by atoms with Crippen molar-refractivity contribution in [2.24, 2.45) is 0 Å². The summed E-state index contributed by atoms with van der Waals surface area (Å²) in [6.07, 6.45) is 2.90. The second kappa shape index (κ2) is 5.87. The molecular weight excluding hydrogens is 252 g/mol. The number of hydrogen-bond donors (Lipinski definition) is 0. The number of carbonyl (C=O) groups is 1. The number of nitrogens with zero attached hydrogens (tertiary/aromatic N) is 2. The lowest BCUT2D eigenvalue weighted by molar-refractivity contribution is 0.112. The molecule has 94 valence electrons. The van der Waals surface area contributed by atoms with Crippen LogP contribution in [0.5, 0.6) is 0 Å². The van der Waals surface area contributed by atoms with Crippen molar-refractivity contribution in [3.63, 3.8) is 0 Å². The zero-order chi connectivity index (χ0) is 12.3. The summed E-state index contributed by atoms with van der Waals surface area (Å²) < 4.78 is 0. The number of aromatic nitrogens is 1. The van der Waals surface area contributed by atoms with Gasteiger partial charge in [0.1, 0.15) is 0 Å². The molecule has 5 heteroatoms. The van der Waals surface area contributed by atoms with Crippen LogP contribution in [0.2, 0.25) is 0 Å².